The van der Waals surface area contributed by atoms with Gasteiger partial charge in [0.1, 0.15) is 0 Å². The molecule has 0 amide bonds. The number of hydrogen-bond donors (Lipinski definition) is 2. The van der Waals surface area contributed by atoms with E-state index in [0.717, 1.165) is 55.3 Å². The van der Waals surface area contributed by atoms with Crippen molar-refractivity contribution in [3.63, 3.8) is 0 Å². The molecule has 5 aliphatic carbocycles. The summed E-state index contributed by atoms with van der Waals surface area (Å²) in [7, 11) is 0. The highest BCUT2D eigenvalue weighted by Crippen LogP contribution is 2.69. The summed E-state index contributed by atoms with van der Waals surface area (Å²) in [5, 5.41) is 22.5. The van der Waals surface area contributed by atoms with Crippen molar-refractivity contribution in [1.82, 2.24) is 0 Å². The molecule has 2 N–H and O–H groups in total. The number of hydrogen-bond acceptors (Lipinski definition) is 2. The Morgan fingerprint density at radius 3 is 2.14 bits per heavy atom. The summed E-state index contributed by atoms with van der Waals surface area (Å²) in [5.41, 5.74) is 1.00. The van der Waals surface area contributed by atoms with Gasteiger partial charge in [-0.1, -0.05) is 41.5 Å². The van der Waals surface area contributed by atoms with E-state index in [0.29, 0.717) is 28.1 Å². The average molecular weight is 487 g/mol. The van der Waals surface area contributed by atoms with Crippen LogP contribution in [0.1, 0.15) is 138 Å². The van der Waals surface area contributed by atoms with Crippen molar-refractivity contribution in [3.8, 4) is 0 Å². The second-order valence-electron chi connectivity index (χ2n) is 15.9. The maximum atomic E-state index is 11.4. The zero-order valence-electron chi connectivity index (χ0n) is 24.1. The molecule has 0 saturated heterocycles. The molecule has 10 atom stereocenters. The molecule has 0 aromatic heterocycles. The van der Waals surface area contributed by atoms with Gasteiger partial charge >= 0.3 is 0 Å². The van der Waals surface area contributed by atoms with E-state index < -0.39 is 5.60 Å². The van der Waals surface area contributed by atoms with Crippen molar-refractivity contribution in [1.29, 1.82) is 0 Å². The Balaban J connectivity index is 1.25. The summed E-state index contributed by atoms with van der Waals surface area (Å²) < 4.78 is 0. The summed E-state index contributed by atoms with van der Waals surface area (Å²) in [5.74, 6) is 5.22. The predicted molar refractivity (Wildman–Crippen MR) is 146 cm³/mol. The van der Waals surface area contributed by atoms with Crippen molar-refractivity contribution in [2.75, 3.05) is 0 Å². The Kier molecular flexibility index (Phi) is 7.04. The van der Waals surface area contributed by atoms with Gasteiger partial charge in [-0.05, 0) is 154 Å². The van der Waals surface area contributed by atoms with Gasteiger partial charge in [0.15, 0.2) is 0 Å². The Hall–Kier alpha value is -0.0800. The summed E-state index contributed by atoms with van der Waals surface area (Å²) >= 11 is 0. The molecule has 2 unspecified atom stereocenters. The SMILES string of the molecule is CC[C@]1(O)CC[C@@]2(C)[C@@H](CC[C@@H]3[C@@H]2CC[C@]2(C)[C@@H](C(C)C(O)CC4CCC(C)(C)CC4)CC[C@@H]32)C1. The molecule has 5 rings (SSSR count). The number of aliphatic hydroxyl groups is 2. The molecule has 0 spiro atoms. The van der Waals surface area contributed by atoms with Crippen LogP contribution in [0.5, 0.6) is 0 Å². The molecule has 5 saturated carbocycles. The third kappa shape index (κ3) is 4.57. The van der Waals surface area contributed by atoms with E-state index in [4.69, 9.17) is 0 Å². The van der Waals surface area contributed by atoms with Crippen LogP contribution in [-0.2, 0) is 0 Å². The highest BCUT2D eigenvalue weighted by atomic mass is 16.3. The van der Waals surface area contributed by atoms with E-state index >= 15 is 0 Å². The zero-order valence-corrected chi connectivity index (χ0v) is 24.1. The van der Waals surface area contributed by atoms with Crippen molar-refractivity contribution >= 4 is 0 Å². The van der Waals surface area contributed by atoms with Gasteiger partial charge in [0.25, 0.3) is 0 Å². The molecular weight excluding hydrogens is 428 g/mol. The van der Waals surface area contributed by atoms with E-state index in [9.17, 15) is 10.2 Å². The molecule has 0 bridgehead atoms. The third-order valence-corrected chi connectivity index (χ3v) is 13.8. The zero-order chi connectivity index (χ0) is 25.2. The van der Waals surface area contributed by atoms with Crippen LogP contribution in [0.3, 0.4) is 0 Å². The van der Waals surface area contributed by atoms with E-state index in [1.54, 1.807) is 0 Å². The van der Waals surface area contributed by atoms with Crippen LogP contribution in [0.4, 0.5) is 0 Å². The van der Waals surface area contributed by atoms with Crippen LogP contribution >= 0.6 is 0 Å². The predicted octanol–water partition coefficient (Wildman–Crippen LogP) is 8.39. The lowest BCUT2D eigenvalue weighted by molar-refractivity contribution is -0.154. The minimum atomic E-state index is -0.391. The maximum Gasteiger partial charge on any atom is 0.0648 e. The van der Waals surface area contributed by atoms with Crippen LogP contribution in [0.25, 0.3) is 0 Å². The van der Waals surface area contributed by atoms with Crippen molar-refractivity contribution in [2.45, 2.75) is 150 Å². The first kappa shape index (κ1) is 26.5. The molecule has 0 aromatic rings. The fourth-order valence-corrected chi connectivity index (χ4v) is 11.1. The van der Waals surface area contributed by atoms with Gasteiger partial charge < -0.3 is 10.2 Å². The number of rotatable bonds is 5. The Labute approximate surface area is 217 Å². The molecular formula is C33H58O2. The van der Waals surface area contributed by atoms with Crippen LogP contribution < -0.4 is 0 Å². The summed E-state index contributed by atoms with van der Waals surface area (Å²) in [4.78, 5) is 0. The molecule has 5 aliphatic rings. The summed E-state index contributed by atoms with van der Waals surface area (Å²) in [6.45, 7) is 14.7. The Morgan fingerprint density at radius 2 is 1.46 bits per heavy atom. The van der Waals surface area contributed by atoms with Crippen LogP contribution in [-0.4, -0.2) is 21.9 Å². The van der Waals surface area contributed by atoms with Crippen molar-refractivity contribution in [3.05, 3.63) is 0 Å². The van der Waals surface area contributed by atoms with Gasteiger partial charge in [-0.3, -0.25) is 0 Å². The fraction of sp³-hybridized carbons (Fsp3) is 1.00. The molecule has 0 radical (unpaired) electrons. The molecule has 2 nitrogen and oxygen atoms in total. The first-order chi connectivity index (χ1) is 16.4. The highest BCUT2D eigenvalue weighted by molar-refractivity contribution is 5.11. The lowest BCUT2D eigenvalue weighted by Gasteiger charge is -2.62. The monoisotopic (exact) mass is 486 g/mol. The van der Waals surface area contributed by atoms with Gasteiger partial charge in [-0.2, -0.15) is 0 Å². The fourth-order valence-electron chi connectivity index (χ4n) is 11.1. The molecule has 0 aromatic carbocycles. The van der Waals surface area contributed by atoms with Gasteiger partial charge in [0, 0.05) is 0 Å². The average Bonchev–Trinajstić information content (AvgIpc) is 3.17. The molecule has 5 fully saturated rings. The Bertz CT molecular complexity index is 750. The van der Waals surface area contributed by atoms with Gasteiger partial charge in [0.2, 0.25) is 0 Å². The molecule has 0 heterocycles. The first-order valence-electron chi connectivity index (χ1n) is 15.8. The van der Waals surface area contributed by atoms with Crippen molar-refractivity contribution in [2.24, 2.45) is 57.7 Å². The van der Waals surface area contributed by atoms with Gasteiger partial charge in [0.05, 0.1) is 11.7 Å². The summed E-state index contributed by atoms with van der Waals surface area (Å²) in [6.07, 6.45) is 18.7. The van der Waals surface area contributed by atoms with E-state index in [1.807, 2.05) is 0 Å². The molecule has 0 aliphatic heterocycles. The van der Waals surface area contributed by atoms with Crippen LogP contribution in [0.2, 0.25) is 0 Å². The van der Waals surface area contributed by atoms with Crippen molar-refractivity contribution < 1.29 is 10.2 Å². The second kappa shape index (κ2) is 9.29. The van der Waals surface area contributed by atoms with E-state index in [-0.39, 0.29) is 6.10 Å². The Morgan fingerprint density at radius 1 is 0.771 bits per heavy atom. The molecule has 202 valence electrons. The van der Waals surface area contributed by atoms with Crippen LogP contribution in [0.15, 0.2) is 0 Å². The standard InChI is InChI=1S/C33H58O2/c1-7-33(35)19-18-31(5)24(21-33)8-9-25-27-11-10-26(32(27,6)17-14-28(25)31)22(2)29(34)20-23-12-15-30(3,4)16-13-23/h22-29,34-35H,7-21H2,1-6H3/t22?,24-,25-,26+,27-,28-,29?,31-,32+,33-/m0/s1. The minimum absolute atomic E-state index is 0.113. The maximum absolute atomic E-state index is 11.4. The lowest BCUT2D eigenvalue weighted by Crippen LogP contribution is -2.56. The van der Waals surface area contributed by atoms with E-state index in [2.05, 4.69) is 41.5 Å². The van der Waals surface area contributed by atoms with Crippen LogP contribution in [0, 0.1) is 57.7 Å². The second-order valence-corrected chi connectivity index (χ2v) is 15.9. The smallest absolute Gasteiger partial charge is 0.0648 e. The van der Waals surface area contributed by atoms with Gasteiger partial charge in [-0.25, -0.2) is 0 Å². The summed E-state index contributed by atoms with van der Waals surface area (Å²) in [6, 6.07) is 0. The largest absolute Gasteiger partial charge is 0.393 e. The minimum Gasteiger partial charge on any atom is -0.393 e. The highest BCUT2D eigenvalue weighted by Gasteiger charge is 2.61. The normalized spacial score (nSPS) is 49.5. The third-order valence-electron chi connectivity index (χ3n) is 13.8. The number of fused-ring (bicyclic) bond motifs is 5. The molecule has 2 heteroatoms. The topological polar surface area (TPSA) is 40.5 Å². The van der Waals surface area contributed by atoms with E-state index in [1.165, 1.54) is 70.6 Å². The van der Waals surface area contributed by atoms with Gasteiger partial charge in [-0.15, -0.1) is 0 Å². The first-order valence-corrected chi connectivity index (χ1v) is 15.8. The number of aliphatic hydroxyl groups excluding tert-OH is 1. The lowest BCUT2D eigenvalue weighted by atomic mass is 9.43. The molecule has 35 heavy (non-hydrogen) atoms. The quantitative estimate of drug-likeness (QED) is 0.409.